The molecule has 0 spiro atoms. The van der Waals surface area contributed by atoms with E-state index >= 15 is 0 Å². The first-order chi connectivity index (χ1) is 8.58. The average molecular weight is 269 g/mol. The Hall–Kier alpha value is -1.04. The van der Waals surface area contributed by atoms with Gasteiger partial charge in [-0.25, -0.2) is 0 Å². The van der Waals surface area contributed by atoms with Crippen LogP contribution in [-0.4, -0.2) is 34.3 Å². The minimum Gasteiger partial charge on any atom is -0.353 e. The van der Waals surface area contributed by atoms with Gasteiger partial charge in [-0.3, -0.25) is 14.6 Å². The van der Waals surface area contributed by atoms with Crippen molar-refractivity contribution in [2.75, 3.05) is 0 Å². The van der Waals surface area contributed by atoms with E-state index in [2.05, 4.69) is 22.5 Å². The van der Waals surface area contributed by atoms with Gasteiger partial charge in [0.2, 0.25) is 11.8 Å². The van der Waals surface area contributed by atoms with Crippen molar-refractivity contribution >= 4 is 28.7 Å². The van der Waals surface area contributed by atoms with Crippen LogP contribution in [0.25, 0.3) is 0 Å². The Balaban J connectivity index is 1.84. The molecule has 0 radical (unpaired) electrons. The van der Waals surface area contributed by atoms with Crippen LogP contribution in [0.3, 0.4) is 0 Å². The number of rotatable bonds is 5. The van der Waals surface area contributed by atoms with Crippen molar-refractivity contribution in [1.82, 2.24) is 10.6 Å². The minimum atomic E-state index is -0.327. The lowest BCUT2D eigenvalue weighted by atomic mass is 10.2. The molecule has 2 N–H and O–H groups in total. The summed E-state index contributed by atoms with van der Waals surface area (Å²) >= 11 is 1.37. The fraction of sp³-hybridized carbons (Fsp3) is 0.750. The molecule has 1 heterocycles. The van der Waals surface area contributed by atoms with E-state index in [0.29, 0.717) is 11.2 Å². The van der Waals surface area contributed by atoms with E-state index in [1.807, 2.05) is 6.92 Å². The summed E-state index contributed by atoms with van der Waals surface area (Å²) in [5.74, 6) is -0.136. The van der Waals surface area contributed by atoms with Gasteiger partial charge in [0.1, 0.15) is 5.25 Å². The number of hydrogen-bond donors (Lipinski definition) is 2. The molecule has 1 saturated heterocycles. The fourth-order valence-electron chi connectivity index (χ4n) is 1.57. The van der Waals surface area contributed by atoms with E-state index in [-0.39, 0.29) is 29.5 Å². The van der Waals surface area contributed by atoms with Crippen molar-refractivity contribution in [3.05, 3.63) is 0 Å². The average Bonchev–Trinajstić information content (AvgIpc) is 3.05. The Morgan fingerprint density at radius 2 is 2.33 bits per heavy atom. The van der Waals surface area contributed by atoms with Gasteiger partial charge in [-0.15, -0.1) is 0 Å². The lowest BCUT2D eigenvalue weighted by molar-refractivity contribution is -0.125. The Bertz CT molecular complexity index is 380. The molecule has 6 heteroatoms. The molecule has 0 aromatic carbocycles. The SMILES string of the molecule is CC[C@H](C)N=C1NC(=O)[C@H](CC(=O)NC2CC2)S1. The number of aliphatic imine (C=N–C) groups is 1. The molecule has 5 nitrogen and oxygen atoms in total. The lowest BCUT2D eigenvalue weighted by Gasteiger charge is -2.05. The summed E-state index contributed by atoms with van der Waals surface area (Å²) in [7, 11) is 0. The number of amidine groups is 1. The highest BCUT2D eigenvalue weighted by Crippen LogP contribution is 2.24. The van der Waals surface area contributed by atoms with Gasteiger partial charge >= 0.3 is 0 Å². The molecule has 2 atom stereocenters. The van der Waals surface area contributed by atoms with Crippen molar-refractivity contribution in [1.29, 1.82) is 0 Å². The van der Waals surface area contributed by atoms with Crippen molar-refractivity contribution in [2.45, 2.75) is 56.9 Å². The highest BCUT2D eigenvalue weighted by Gasteiger charge is 2.33. The molecular formula is C12H19N3O2S. The summed E-state index contributed by atoms with van der Waals surface area (Å²) in [4.78, 5) is 27.7. The number of nitrogens with zero attached hydrogens (tertiary/aromatic N) is 1. The smallest absolute Gasteiger partial charge is 0.240 e. The van der Waals surface area contributed by atoms with E-state index in [0.717, 1.165) is 19.3 Å². The lowest BCUT2D eigenvalue weighted by Crippen LogP contribution is -2.32. The van der Waals surface area contributed by atoms with Gasteiger partial charge in [-0.1, -0.05) is 18.7 Å². The number of carbonyl (C=O) groups is 2. The van der Waals surface area contributed by atoms with Gasteiger partial charge in [-0.05, 0) is 26.2 Å². The Morgan fingerprint density at radius 3 is 2.94 bits per heavy atom. The molecule has 0 aromatic rings. The summed E-state index contributed by atoms with van der Waals surface area (Å²) in [5, 5.41) is 5.96. The van der Waals surface area contributed by atoms with E-state index in [1.54, 1.807) is 0 Å². The van der Waals surface area contributed by atoms with E-state index in [4.69, 9.17) is 0 Å². The van der Waals surface area contributed by atoms with Crippen molar-refractivity contribution in [3.63, 3.8) is 0 Å². The first-order valence-corrected chi connectivity index (χ1v) is 7.31. The van der Waals surface area contributed by atoms with Crippen molar-refractivity contribution < 1.29 is 9.59 Å². The summed E-state index contributed by atoms with van der Waals surface area (Å²) in [6.45, 7) is 4.06. The highest BCUT2D eigenvalue weighted by atomic mass is 32.2. The minimum absolute atomic E-state index is 0.0325. The Morgan fingerprint density at radius 1 is 1.61 bits per heavy atom. The summed E-state index contributed by atoms with van der Waals surface area (Å²) < 4.78 is 0. The van der Waals surface area contributed by atoms with Crippen molar-refractivity contribution in [3.8, 4) is 0 Å². The second-order valence-corrected chi connectivity index (χ2v) is 6.02. The highest BCUT2D eigenvalue weighted by molar-refractivity contribution is 8.15. The molecule has 0 unspecified atom stereocenters. The molecule has 18 heavy (non-hydrogen) atoms. The van der Waals surface area contributed by atoms with Gasteiger partial charge in [0.25, 0.3) is 0 Å². The maximum absolute atomic E-state index is 11.7. The third-order valence-corrected chi connectivity index (χ3v) is 4.11. The predicted molar refractivity (Wildman–Crippen MR) is 72.5 cm³/mol. The van der Waals surface area contributed by atoms with Gasteiger partial charge in [0.05, 0.1) is 0 Å². The maximum atomic E-state index is 11.7. The Labute approximate surface area is 111 Å². The zero-order chi connectivity index (χ0) is 13.1. The second kappa shape index (κ2) is 5.73. The summed E-state index contributed by atoms with van der Waals surface area (Å²) in [6, 6.07) is 0.548. The van der Waals surface area contributed by atoms with Crippen LogP contribution in [0.15, 0.2) is 4.99 Å². The largest absolute Gasteiger partial charge is 0.353 e. The number of nitrogens with one attached hydrogen (secondary N) is 2. The van der Waals surface area contributed by atoms with Crippen LogP contribution in [-0.2, 0) is 9.59 Å². The normalized spacial score (nSPS) is 27.1. The monoisotopic (exact) mass is 269 g/mol. The van der Waals surface area contributed by atoms with Crippen LogP contribution >= 0.6 is 11.8 Å². The van der Waals surface area contributed by atoms with Crippen LogP contribution in [0.4, 0.5) is 0 Å². The van der Waals surface area contributed by atoms with E-state index in [9.17, 15) is 9.59 Å². The first kappa shape index (κ1) is 13.4. The van der Waals surface area contributed by atoms with Crippen molar-refractivity contribution in [2.24, 2.45) is 4.99 Å². The molecule has 2 fully saturated rings. The van der Waals surface area contributed by atoms with Crippen LogP contribution in [0, 0.1) is 0 Å². The number of hydrogen-bond acceptors (Lipinski definition) is 4. The third kappa shape index (κ3) is 3.73. The maximum Gasteiger partial charge on any atom is 0.240 e. The fourth-order valence-corrected chi connectivity index (χ4v) is 2.65. The zero-order valence-corrected chi connectivity index (χ0v) is 11.5. The molecule has 100 valence electrons. The molecule has 1 saturated carbocycles. The van der Waals surface area contributed by atoms with Crippen LogP contribution in [0.1, 0.15) is 39.5 Å². The van der Waals surface area contributed by atoms with Gasteiger partial charge in [0.15, 0.2) is 5.17 Å². The third-order valence-electron chi connectivity index (χ3n) is 3.02. The molecule has 1 aliphatic carbocycles. The molecule has 2 amide bonds. The van der Waals surface area contributed by atoms with E-state index in [1.165, 1.54) is 11.8 Å². The van der Waals surface area contributed by atoms with Crippen LogP contribution < -0.4 is 10.6 Å². The molecule has 1 aliphatic heterocycles. The first-order valence-electron chi connectivity index (χ1n) is 6.43. The quantitative estimate of drug-likeness (QED) is 0.783. The van der Waals surface area contributed by atoms with Gasteiger partial charge < -0.3 is 10.6 Å². The summed E-state index contributed by atoms with van der Waals surface area (Å²) in [6.07, 6.45) is 3.31. The van der Waals surface area contributed by atoms with Crippen LogP contribution in [0.5, 0.6) is 0 Å². The number of amides is 2. The molecule has 2 aliphatic rings. The summed E-state index contributed by atoms with van der Waals surface area (Å²) in [5.41, 5.74) is 0. The molecular weight excluding hydrogens is 250 g/mol. The predicted octanol–water partition coefficient (Wildman–Crippen LogP) is 1.04. The number of carbonyl (C=O) groups excluding carboxylic acids is 2. The topological polar surface area (TPSA) is 70.6 Å². The standard InChI is InChI=1S/C12H19N3O2S/c1-3-7(2)13-12-15-11(17)9(18-12)6-10(16)14-8-4-5-8/h7-9H,3-6H2,1-2H3,(H,14,16)(H,13,15,17)/t7-,9-/m0/s1. The van der Waals surface area contributed by atoms with Gasteiger partial charge in [0, 0.05) is 18.5 Å². The zero-order valence-electron chi connectivity index (χ0n) is 10.7. The second-order valence-electron chi connectivity index (χ2n) is 4.83. The number of thioether (sulfide) groups is 1. The Kier molecular flexibility index (Phi) is 4.27. The van der Waals surface area contributed by atoms with Gasteiger partial charge in [-0.2, -0.15) is 0 Å². The van der Waals surface area contributed by atoms with Crippen LogP contribution in [0.2, 0.25) is 0 Å². The molecule has 2 rings (SSSR count). The van der Waals surface area contributed by atoms with E-state index < -0.39 is 0 Å². The molecule has 0 aromatic heterocycles. The molecule has 0 bridgehead atoms.